The molecule has 0 saturated heterocycles. The lowest BCUT2D eigenvalue weighted by atomic mass is 9.95. The molecule has 0 aliphatic carbocycles. The van der Waals surface area contributed by atoms with Crippen LogP contribution >= 0.6 is 0 Å². The summed E-state index contributed by atoms with van der Waals surface area (Å²) in [5.74, 6) is -0.354. The molecule has 2 aromatic rings. The van der Waals surface area contributed by atoms with Crippen LogP contribution in [-0.2, 0) is 0 Å². The van der Waals surface area contributed by atoms with Gasteiger partial charge in [0, 0.05) is 12.1 Å². The van der Waals surface area contributed by atoms with Crippen LogP contribution in [0.3, 0.4) is 0 Å². The average Bonchev–Trinajstić information content (AvgIpc) is 2.66. The summed E-state index contributed by atoms with van der Waals surface area (Å²) in [6.07, 6.45) is 0.482. The fraction of sp³-hybridized carbons (Fsp3) is 0.250. The summed E-state index contributed by atoms with van der Waals surface area (Å²) in [4.78, 5) is 41.6. The minimum atomic E-state index is -0.866. The maximum atomic E-state index is 11.5. The van der Waals surface area contributed by atoms with Crippen molar-refractivity contribution in [1.29, 1.82) is 0 Å². The molecule has 1 unspecified atom stereocenters. The van der Waals surface area contributed by atoms with Crippen LogP contribution in [0.25, 0.3) is 0 Å². The molecule has 1 N–H and O–H groups in total. The molecule has 0 radical (unpaired) electrons. The number of nitro benzene ring substituents is 4. The molecule has 0 fully saturated rings. The molecule has 0 aromatic heterocycles. The second-order valence-corrected chi connectivity index (χ2v) is 6.09. The highest BCUT2D eigenvalue weighted by atomic mass is 16.6. The first-order chi connectivity index (χ1) is 13.6. The Hall–Kier alpha value is -4.16. The normalized spacial score (nSPS) is 11.5. The number of hydrogen-bond acceptors (Lipinski definition) is 9. The van der Waals surface area contributed by atoms with E-state index in [0.29, 0.717) is 6.42 Å². The molecule has 2 aromatic carbocycles. The van der Waals surface area contributed by atoms with Gasteiger partial charge in [-0.1, -0.05) is 13.8 Å². The summed E-state index contributed by atoms with van der Waals surface area (Å²) in [5.41, 5.74) is -2.46. The van der Waals surface area contributed by atoms with Crippen molar-refractivity contribution in [3.63, 3.8) is 0 Å². The van der Waals surface area contributed by atoms with Gasteiger partial charge in [-0.05, 0) is 24.0 Å². The van der Waals surface area contributed by atoms with E-state index in [1.807, 2.05) is 0 Å². The predicted octanol–water partition coefficient (Wildman–Crippen LogP) is 4.58. The Bertz CT molecular complexity index is 1020. The molecule has 0 spiro atoms. The number of nitrogens with zero attached hydrogens (tertiary/aromatic N) is 4. The fourth-order valence-electron chi connectivity index (χ4n) is 2.65. The average molecular weight is 405 g/mol. The monoisotopic (exact) mass is 405 g/mol. The highest BCUT2D eigenvalue weighted by molar-refractivity contribution is 5.80. The lowest BCUT2D eigenvalue weighted by Gasteiger charge is -2.16. The molecular formula is C16H15N5O8. The summed E-state index contributed by atoms with van der Waals surface area (Å²) in [6, 6.07) is 4.71. The van der Waals surface area contributed by atoms with Gasteiger partial charge in [0.2, 0.25) is 0 Å². The van der Waals surface area contributed by atoms with E-state index in [1.165, 1.54) is 6.07 Å². The summed E-state index contributed by atoms with van der Waals surface area (Å²) < 4.78 is 0. The molecule has 0 saturated carbocycles. The van der Waals surface area contributed by atoms with Crippen molar-refractivity contribution in [3.8, 4) is 0 Å². The largest absolute Gasteiger partial charge is 0.344 e. The van der Waals surface area contributed by atoms with Crippen LogP contribution in [0.2, 0.25) is 0 Å². The molecule has 13 nitrogen and oxygen atoms in total. The second-order valence-electron chi connectivity index (χ2n) is 6.09. The van der Waals surface area contributed by atoms with E-state index >= 15 is 0 Å². The van der Waals surface area contributed by atoms with E-state index in [-0.39, 0.29) is 22.9 Å². The van der Waals surface area contributed by atoms with Crippen LogP contribution in [0.1, 0.15) is 31.7 Å². The minimum Gasteiger partial charge on any atom is -0.344 e. The van der Waals surface area contributed by atoms with Crippen molar-refractivity contribution < 1.29 is 19.7 Å². The third-order valence-corrected chi connectivity index (χ3v) is 4.33. The van der Waals surface area contributed by atoms with E-state index in [0.717, 1.165) is 24.3 Å². The van der Waals surface area contributed by atoms with Gasteiger partial charge < -0.3 is 5.32 Å². The lowest BCUT2D eigenvalue weighted by Crippen LogP contribution is -2.07. The Labute approximate surface area is 162 Å². The SMILES string of the molecule is CCC(C)c1cc([N+](=O)[O-])cc([N+](=O)[O-])c1Nc1ccc([N+](=O)[O-])cc1[N+](=O)[O-]. The van der Waals surface area contributed by atoms with Crippen molar-refractivity contribution >= 4 is 34.1 Å². The van der Waals surface area contributed by atoms with Gasteiger partial charge >= 0.3 is 0 Å². The van der Waals surface area contributed by atoms with E-state index < -0.39 is 42.4 Å². The smallest absolute Gasteiger partial charge is 0.299 e. The van der Waals surface area contributed by atoms with Crippen LogP contribution in [0.4, 0.5) is 34.1 Å². The Morgan fingerprint density at radius 2 is 1.38 bits per heavy atom. The van der Waals surface area contributed by atoms with Crippen LogP contribution in [0, 0.1) is 40.5 Å². The van der Waals surface area contributed by atoms with Crippen molar-refractivity contribution in [2.45, 2.75) is 26.2 Å². The number of hydrogen-bond donors (Lipinski definition) is 1. The van der Waals surface area contributed by atoms with Crippen molar-refractivity contribution in [2.75, 3.05) is 5.32 Å². The zero-order chi connectivity index (χ0) is 21.9. The molecule has 1 atom stereocenters. The Kier molecular flexibility index (Phi) is 6.01. The highest BCUT2D eigenvalue weighted by Gasteiger charge is 2.28. The zero-order valence-electron chi connectivity index (χ0n) is 15.2. The van der Waals surface area contributed by atoms with Gasteiger partial charge in [0.15, 0.2) is 0 Å². The van der Waals surface area contributed by atoms with Crippen LogP contribution in [0.15, 0.2) is 30.3 Å². The number of benzene rings is 2. The van der Waals surface area contributed by atoms with Gasteiger partial charge in [0.05, 0.1) is 31.8 Å². The molecule has 0 aliphatic rings. The maximum absolute atomic E-state index is 11.5. The fourth-order valence-corrected chi connectivity index (χ4v) is 2.65. The summed E-state index contributed by atoms with van der Waals surface area (Å²) in [5, 5.41) is 47.5. The van der Waals surface area contributed by atoms with Crippen molar-refractivity contribution in [3.05, 3.63) is 76.4 Å². The molecule has 152 valence electrons. The van der Waals surface area contributed by atoms with Gasteiger partial charge in [0.25, 0.3) is 22.7 Å². The van der Waals surface area contributed by atoms with E-state index in [9.17, 15) is 40.5 Å². The molecule has 2 rings (SSSR count). The number of nitro groups is 4. The number of non-ortho nitro benzene ring substituents is 2. The number of nitrogens with one attached hydrogen (secondary N) is 1. The molecule has 0 aliphatic heterocycles. The zero-order valence-corrected chi connectivity index (χ0v) is 15.2. The quantitative estimate of drug-likeness (QED) is 0.484. The maximum Gasteiger partial charge on any atom is 0.299 e. The topological polar surface area (TPSA) is 185 Å². The third kappa shape index (κ3) is 4.40. The Morgan fingerprint density at radius 3 is 1.86 bits per heavy atom. The van der Waals surface area contributed by atoms with Gasteiger partial charge in [0.1, 0.15) is 11.4 Å². The van der Waals surface area contributed by atoms with Gasteiger partial charge in [-0.3, -0.25) is 40.5 Å². The molecular weight excluding hydrogens is 390 g/mol. The number of anilines is 2. The minimum absolute atomic E-state index is 0.146. The Morgan fingerprint density at radius 1 is 0.828 bits per heavy atom. The first-order valence-corrected chi connectivity index (χ1v) is 8.23. The summed E-state index contributed by atoms with van der Waals surface area (Å²) in [7, 11) is 0. The first kappa shape index (κ1) is 21.1. The molecule has 0 amide bonds. The van der Waals surface area contributed by atoms with Crippen molar-refractivity contribution in [2.24, 2.45) is 0 Å². The van der Waals surface area contributed by atoms with E-state index in [4.69, 9.17) is 0 Å². The standard InChI is InChI=1S/C16H15N5O8/c1-3-9(2)12-6-11(19(24)25)8-15(21(28)29)16(12)17-13-5-4-10(18(22)23)7-14(13)20(26)27/h4-9,17H,3H2,1-2H3. The van der Waals surface area contributed by atoms with Crippen LogP contribution in [-0.4, -0.2) is 19.7 Å². The molecule has 0 heterocycles. The van der Waals surface area contributed by atoms with Gasteiger partial charge in [-0.2, -0.15) is 0 Å². The number of rotatable bonds is 8. The lowest BCUT2D eigenvalue weighted by molar-refractivity contribution is -0.393. The molecule has 29 heavy (non-hydrogen) atoms. The van der Waals surface area contributed by atoms with Crippen LogP contribution < -0.4 is 5.32 Å². The molecule has 13 heteroatoms. The predicted molar refractivity (Wildman–Crippen MR) is 101 cm³/mol. The van der Waals surface area contributed by atoms with Crippen molar-refractivity contribution in [1.82, 2.24) is 0 Å². The Balaban J connectivity index is 2.74. The highest BCUT2D eigenvalue weighted by Crippen LogP contribution is 2.42. The molecule has 0 bridgehead atoms. The van der Waals surface area contributed by atoms with E-state index in [2.05, 4.69) is 5.32 Å². The second kappa shape index (κ2) is 8.24. The van der Waals surface area contributed by atoms with E-state index in [1.54, 1.807) is 13.8 Å². The summed E-state index contributed by atoms with van der Waals surface area (Å²) in [6.45, 7) is 3.46. The third-order valence-electron chi connectivity index (χ3n) is 4.33. The van der Waals surface area contributed by atoms with Gasteiger partial charge in [-0.25, -0.2) is 0 Å². The summed E-state index contributed by atoms with van der Waals surface area (Å²) >= 11 is 0. The van der Waals surface area contributed by atoms with Crippen LogP contribution in [0.5, 0.6) is 0 Å². The van der Waals surface area contributed by atoms with Gasteiger partial charge in [-0.15, -0.1) is 0 Å². The first-order valence-electron chi connectivity index (χ1n) is 8.23.